The average Bonchev–Trinajstić information content (AvgIpc) is 2.53. The second-order valence-electron chi connectivity index (χ2n) is 2.31. The molecule has 0 spiro atoms. The smallest absolute Gasteiger partial charge is 0.136 e. The molecule has 1 aromatic heterocycles. The summed E-state index contributed by atoms with van der Waals surface area (Å²) in [5, 5.41) is 4.08. The fraction of sp³-hybridized carbons (Fsp3) is 0. The summed E-state index contributed by atoms with van der Waals surface area (Å²) in [5.74, 6) is 0. The predicted molar refractivity (Wildman–Crippen MR) is 65.7 cm³/mol. The first-order valence-corrected chi connectivity index (χ1v) is 4.70. The Balaban J connectivity index is 0. The molecule has 0 aliphatic carbocycles. The Morgan fingerprint density at radius 1 is 1.13 bits per heavy atom. The predicted octanol–water partition coefficient (Wildman–Crippen LogP) is 0.837. The van der Waals surface area contributed by atoms with Gasteiger partial charge in [0, 0.05) is 35.1 Å². The first-order chi connectivity index (χ1) is 5.88. The van der Waals surface area contributed by atoms with Crippen molar-refractivity contribution in [1.82, 2.24) is 9.59 Å². The molecular weight excluding hydrogens is 243 g/mol. The summed E-state index contributed by atoms with van der Waals surface area (Å²) in [5.41, 5.74) is 1.94. The van der Waals surface area contributed by atoms with E-state index < -0.39 is 0 Å². The maximum atomic E-state index is 5.09. The van der Waals surface area contributed by atoms with E-state index in [4.69, 9.17) is 12.2 Å². The van der Waals surface area contributed by atoms with Crippen LogP contribution in [0.3, 0.4) is 0 Å². The van der Waals surface area contributed by atoms with Crippen LogP contribution in [0.1, 0.15) is 0 Å². The Morgan fingerprint density at radius 3 is 2.20 bits per heavy atom. The van der Waals surface area contributed by atoms with Gasteiger partial charge >= 0.3 is 0 Å². The fourth-order valence-corrected chi connectivity index (χ4v) is 1.74. The Labute approximate surface area is 118 Å². The number of nitrogens with one attached hydrogen (secondary N) is 1. The van der Waals surface area contributed by atoms with Crippen LogP contribution in [0.2, 0.25) is 0 Å². The van der Waals surface area contributed by atoms with E-state index in [1.54, 1.807) is 0 Å². The number of hydrogen-bond acceptors (Lipinski definition) is 3. The minimum atomic E-state index is 0. The van der Waals surface area contributed by atoms with Crippen LogP contribution < -0.4 is 0 Å². The fourth-order valence-electron chi connectivity index (χ4n) is 0.982. The van der Waals surface area contributed by atoms with Crippen molar-refractivity contribution in [2.24, 2.45) is 0 Å². The van der Waals surface area contributed by atoms with Crippen LogP contribution >= 0.6 is 23.8 Å². The van der Waals surface area contributed by atoms with Crippen molar-refractivity contribution < 1.29 is 11.0 Å². The second-order valence-corrected chi connectivity index (χ2v) is 3.77. The molecule has 77 valence electrons. The largest absolute Gasteiger partial charge is 0.412 e. The third-order valence-corrected chi connectivity index (χ3v) is 2.54. The minimum absolute atomic E-state index is 0. The molecule has 0 saturated carbocycles. The van der Waals surface area contributed by atoms with Gasteiger partial charge in [-0.1, -0.05) is 42.5 Å². The zero-order valence-electron chi connectivity index (χ0n) is 8.15. The van der Waals surface area contributed by atoms with Crippen molar-refractivity contribution in [3.05, 3.63) is 34.2 Å². The molecule has 0 saturated heterocycles. The van der Waals surface area contributed by atoms with Crippen LogP contribution in [0.4, 0.5) is 0 Å². The first kappa shape index (κ1) is 17.3. The van der Waals surface area contributed by atoms with E-state index >= 15 is 0 Å². The number of benzene rings is 1. The molecule has 0 aliphatic rings. The number of H-pyrrole nitrogens is 1. The first-order valence-electron chi connectivity index (χ1n) is 3.47. The molecule has 5 N–H and O–H groups in total. The summed E-state index contributed by atoms with van der Waals surface area (Å²) < 4.78 is 3.59. The molecule has 1 aromatic carbocycles. The molecule has 0 atom stereocenters. The van der Waals surface area contributed by atoms with Gasteiger partial charge in [-0.05, 0) is 11.5 Å². The quantitative estimate of drug-likeness (QED) is 0.602. The number of hydrogen-bond donors (Lipinski definition) is 1. The third kappa shape index (κ3) is 4.12. The summed E-state index contributed by atoms with van der Waals surface area (Å²) in [4.78, 5) is 0. The van der Waals surface area contributed by atoms with Gasteiger partial charge in [0.15, 0.2) is 0 Å². The molecule has 7 heteroatoms. The zero-order valence-corrected chi connectivity index (χ0v) is 11.8. The summed E-state index contributed by atoms with van der Waals surface area (Å²) >= 11 is 6.47. The molecule has 2 aromatic rings. The van der Waals surface area contributed by atoms with Crippen LogP contribution in [-0.2, 0) is 0 Å². The molecule has 0 aliphatic heterocycles. The van der Waals surface area contributed by atoms with E-state index in [-0.39, 0.29) is 40.5 Å². The van der Waals surface area contributed by atoms with Gasteiger partial charge < -0.3 is 11.0 Å². The van der Waals surface area contributed by atoms with Crippen molar-refractivity contribution in [1.29, 1.82) is 0 Å². The molecule has 1 heterocycles. The van der Waals surface area contributed by atoms with E-state index in [1.807, 2.05) is 30.3 Å². The van der Waals surface area contributed by atoms with Gasteiger partial charge in [0.1, 0.15) is 9.52 Å². The molecule has 1 radical (unpaired) electrons. The summed E-state index contributed by atoms with van der Waals surface area (Å²) in [7, 11) is 0. The molecule has 0 unspecified atom stereocenters. The average molecular weight is 253 g/mol. The minimum Gasteiger partial charge on any atom is -0.412 e. The van der Waals surface area contributed by atoms with E-state index in [2.05, 4.69) is 9.59 Å². The van der Waals surface area contributed by atoms with E-state index in [0.717, 1.165) is 15.1 Å². The topological polar surface area (TPSA) is 91.7 Å². The molecule has 0 bridgehead atoms. The van der Waals surface area contributed by atoms with Crippen LogP contribution in [0.15, 0.2) is 30.3 Å². The summed E-state index contributed by atoms with van der Waals surface area (Å²) in [6, 6.07) is 9.92. The second kappa shape index (κ2) is 8.12. The Kier molecular flexibility index (Phi) is 9.37. The van der Waals surface area contributed by atoms with Gasteiger partial charge in [-0.15, -0.1) is 0 Å². The molecular formula is C8H10N2NaO2S2. The number of aromatic amines is 1. The van der Waals surface area contributed by atoms with E-state index in [9.17, 15) is 0 Å². The van der Waals surface area contributed by atoms with Crippen LogP contribution in [0.5, 0.6) is 0 Å². The van der Waals surface area contributed by atoms with E-state index in [1.165, 1.54) is 11.5 Å². The molecule has 2 rings (SSSR count). The Bertz CT molecular complexity index is 429. The Hall–Kier alpha value is -0.0800. The monoisotopic (exact) mass is 253 g/mol. The van der Waals surface area contributed by atoms with Crippen LogP contribution in [0.25, 0.3) is 11.3 Å². The molecule has 0 amide bonds. The van der Waals surface area contributed by atoms with Crippen LogP contribution in [-0.4, -0.2) is 50.1 Å². The maximum Gasteiger partial charge on any atom is 0.136 e. The van der Waals surface area contributed by atoms with Gasteiger partial charge in [0.05, 0.1) is 0 Å². The number of rotatable bonds is 1. The number of nitrogens with zero attached hydrogens (tertiary/aromatic N) is 1. The Morgan fingerprint density at radius 2 is 1.73 bits per heavy atom. The van der Waals surface area contributed by atoms with Crippen LogP contribution in [0, 0.1) is 3.82 Å². The van der Waals surface area contributed by atoms with Crippen molar-refractivity contribution in [3.8, 4) is 11.3 Å². The standard InChI is InChI=1S/C8H6N2S2.Na.2H2O/c11-8-7(9-10-12-8)6-4-2-1-3-5-6;;;/h1-5,10H;;2*1H2. The van der Waals surface area contributed by atoms with Crippen molar-refractivity contribution >= 4 is 53.3 Å². The summed E-state index contributed by atoms with van der Waals surface area (Å²) in [6.45, 7) is 0. The SMILES string of the molecule is O.O.S=c1s[nH]nc1-c1ccccc1.[Na]. The molecule has 0 fully saturated rings. The van der Waals surface area contributed by atoms with Crippen molar-refractivity contribution in [3.63, 3.8) is 0 Å². The zero-order chi connectivity index (χ0) is 8.39. The van der Waals surface area contributed by atoms with Gasteiger partial charge in [-0.25, -0.2) is 4.49 Å². The third-order valence-electron chi connectivity index (χ3n) is 1.54. The van der Waals surface area contributed by atoms with Crippen molar-refractivity contribution in [2.75, 3.05) is 0 Å². The van der Waals surface area contributed by atoms with Gasteiger partial charge in [0.2, 0.25) is 0 Å². The van der Waals surface area contributed by atoms with E-state index in [0.29, 0.717) is 0 Å². The van der Waals surface area contributed by atoms with Gasteiger partial charge in [-0.2, -0.15) is 5.10 Å². The van der Waals surface area contributed by atoms with Gasteiger partial charge in [0.25, 0.3) is 0 Å². The molecule has 15 heavy (non-hydrogen) atoms. The summed E-state index contributed by atoms with van der Waals surface area (Å²) in [6.07, 6.45) is 0. The molecule has 4 nitrogen and oxygen atoms in total. The number of aromatic nitrogens is 2. The van der Waals surface area contributed by atoms with Crippen molar-refractivity contribution in [2.45, 2.75) is 0 Å². The normalized spacial score (nSPS) is 8.00. The maximum absolute atomic E-state index is 5.09. The van der Waals surface area contributed by atoms with Gasteiger partial charge in [-0.3, -0.25) is 0 Å².